The Morgan fingerprint density at radius 2 is 2.21 bits per heavy atom. The van der Waals surface area contributed by atoms with Crippen LogP contribution in [0.1, 0.15) is 0 Å². The molecule has 0 saturated carbocycles. The van der Waals surface area contributed by atoms with Gasteiger partial charge in [-0.2, -0.15) is 8.42 Å². The molecule has 0 aromatic heterocycles. The minimum absolute atomic E-state index is 0.552. The van der Waals surface area contributed by atoms with Gasteiger partial charge in [0.05, 0.1) is 31.6 Å². The highest BCUT2D eigenvalue weighted by molar-refractivity contribution is 7.85. The number of hydrogen-bond donors (Lipinski definition) is 2. The largest absolute Gasteiger partial charge is 0.396 e. The summed E-state index contributed by atoms with van der Waals surface area (Å²) in [6.07, 6.45) is -0.535. The lowest BCUT2D eigenvalue weighted by molar-refractivity contribution is 0.0667. The lowest BCUT2D eigenvalue weighted by atomic mass is 10.2. The third-order valence-corrected chi connectivity index (χ3v) is 1.85. The van der Waals surface area contributed by atoms with Crippen molar-refractivity contribution >= 4 is 10.1 Å². The van der Waals surface area contributed by atoms with Crippen LogP contribution in [-0.4, -0.2) is 50.2 Å². The van der Waals surface area contributed by atoms with Gasteiger partial charge in [-0.05, 0) is 5.53 Å². The Kier molecular flexibility index (Phi) is 5.43. The second-order valence-electron chi connectivity index (χ2n) is 2.51. The summed E-state index contributed by atoms with van der Waals surface area (Å²) in [7, 11) is -3.65. The minimum atomic E-state index is -3.65. The van der Waals surface area contributed by atoms with Crippen molar-refractivity contribution in [3.05, 3.63) is 10.4 Å². The van der Waals surface area contributed by atoms with E-state index in [9.17, 15) is 13.5 Å². The topological polar surface area (TPSA) is 133 Å². The number of aliphatic hydroxyl groups is 2. The van der Waals surface area contributed by atoms with Crippen LogP contribution in [0.4, 0.5) is 0 Å². The quantitative estimate of drug-likeness (QED) is 0.259. The summed E-state index contributed by atoms with van der Waals surface area (Å²) in [4.78, 5) is 2.37. The first-order chi connectivity index (χ1) is 6.40. The average Bonchev–Trinajstić information content (AvgIpc) is 2.09. The first-order valence-electron chi connectivity index (χ1n) is 3.58. The molecule has 2 N–H and O–H groups in total. The Morgan fingerprint density at radius 3 is 2.57 bits per heavy atom. The number of hydrogen-bond acceptors (Lipinski definition) is 6. The first kappa shape index (κ1) is 13.1. The van der Waals surface area contributed by atoms with E-state index in [0.717, 1.165) is 6.26 Å². The van der Waals surface area contributed by atoms with Gasteiger partial charge in [-0.1, -0.05) is 5.11 Å². The third-order valence-electron chi connectivity index (χ3n) is 1.28. The fraction of sp³-hybridized carbons (Fsp3) is 1.00. The van der Waals surface area contributed by atoms with Crippen LogP contribution in [0.15, 0.2) is 5.11 Å². The van der Waals surface area contributed by atoms with E-state index in [4.69, 9.17) is 10.6 Å². The predicted molar refractivity (Wildman–Crippen MR) is 46.8 cm³/mol. The van der Waals surface area contributed by atoms with Crippen molar-refractivity contribution in [3.63, 3.8) is 0 Å². The van der Waals surface area contributed by atoms with Gasteiger partial charge in [0, 0.05) is 4.91 Å². The van der Waals surface area contributed by atoms with E-state index in [1.54, 1.807) is 0 Å². The van der Waals surface area contributed by atoms with E-state index in [1.807, 2.05) is 0 Å². The lowest BCUT2D eigenvalue weighted by Crippen LogP contribution is -2.32. The summed E-state index contributed by atoms with van der Waals surface area (Å²) in [5.74, 6) is 0. The molecule has 82 valence electrons. The highest BCUT2D eigenvalue weighted by Gasteiger charge is 2.18. The summed E-state index contributed by atoms with van der Waals surface area (Å²) in [6, 6.07) is -1.11. The second-order valence-corrected chi connectivity index (χ2v) is 4.15. The molecule has 0 aromatic rings. The molecule has 0 bridgehead atoms. The number of aliphatic hydroxyl groups excluding tert-OH is 2. The van der Waals surface area contributed by atoms with Crippen molar-refractivity contribution in [2.45, 2.75) is 12.1 Å². The second kappa shape index (κ2) is 5.78. The minimum Gasteiger partial charge on any atom is -0.396 e. The third kappa shape index (κ3) is 5.73. The number of rotatable bonds is 6. The van der Waals surface area contributed by atoms with Gasteiger partial charge in [-0.25, -0.2) is 0 Å². The maximum absolute atomic E-state index is 10.5. The Morgan fingerprint density at radius 1 is 1.64 bits per heavy atom. The van der Waals surface area contributed by atoms with Crippen LogP contribution in [0.2, 0.25) is 0 Å². The van der Waals surface area contributed by atoms with Crippen LogP contribution in [0.5, 0.6) is 0 Å². The van der Waals surface area contributed by atoms with Crippen molar-refractivity contribution in [2.24, 2.45) is 5.11 Å². The summed E-state index contributed by atoms with van der Waals surface area (Å²) in [5, 5.41) is 20.9. The highest BCUT2D eigenvalue weighted by atomic mass is 32.2. The highest BCUT2D eigenvalue weighted by Crippen LogP contribution is 2.01. The molecular formula is C5H11N3O5S. The van der Waals surface area contributed by atoms with Crippen LogP contribution in [0.25, 0.3) is 10.4 Å². The molecule has 0 radical (unpaired) electrons. The molecule has 14 heavy (non-hydrogen) atoms. The standard InChI is InChI=1S/C5H11N3O5S/c1-14(11,12)13-3-5(10)4(2-9)7-8-6/h4-5,9-10H,2-3H2,1H3/t4-,5+/m0/s1. The average molecular weight is 225 g/mol. The molecule has 2 atom stereocenters. The van der Waals surface area contributed by atoms with Gasteiger partial charge >= 0.3 is 0 Å². The fourth-order valence-corrected chi connectivity index (χ4v) is 0.992. The first-order valence-corrected chi connectivity index (χ1v) is 5.40. The van der Waals surface area contributed by atoms with Crippen molar-refractivity contribution < 1.29 is 22.8 Å². The van der Waals surface area contributed by atoms with Crippen molar-refractivity contribution in [3.8, 4) is 0 Å². The molecule has 0 spiro atoms. The van der Waals surface area contributed by atoms with E-state index in [-0.39, 0.29) is 0 Å². The van der Waals surface area contributed by atoms with Crippen LogP contribution in [-0.2, 0) is 14.3 Å². The van der Waals surface area contributed by atoms with Gasteiger partial charge in [-0.15, -0.1) is 0 Å². The normalized spacial score (nSPS) is 15.6. The summed E-state index contributed by atoms with van der Waals surface area (Å²) >= 11 is 0. The molecule has 0 amide bonds. The molecule has 0 fully saturated rings. The lowest BCUT2D eigenvalue weighted by Gasteiger charge is -2.14. The molecule has 0 aliphatic rings. The van der Waals surface area contributed by atoms with Crippen molar-refractivity contribution in [2.75, 3.05) is 19.5 Å². The Bertz CT molecular complexity index is 309. The van der Waals surface area contributed by atoms with E-state index >= 15 is 0 Å². The van der Waals surface area contributed by atoms with Gasteiger partial charge in [0.1, 0.15) is 0 Å². The Balaban J connectivity index is 4.18. The van der Waals surface area contributed by atoms with Gasteiger partial charge in [0.2, 0.25) is 0 Å². The fourth-order valence-electron chi connectivity index (χ4n) is 0.606. The van der Waals surface area contributed by atoms with E-state index in [0.29, 0.717) is 0 Å². The van der Waals surface area contributed by atoms with Gasteiger partial charge < -0.3 is 10.2 Å². The molecule has 0 unspecified atom stereocenters. The predicted octanol–water partition coefficient (Wildman–Crippen LogP) is -1.01. The molecule has 0 aliphatic heterocycles. The maximum Gasteiger partial charge on any atom is 0.264 e. The Hall–Kier alpha value is -0.860. The molecule has 0 heterocycles. The zero-order chi connectivity index (χ0) is 11.2. The van der Waals surface area contributed by atoms with Crippen LogP contribution < -0.4 is 0 Å². The number of nitrogens with zero attached hydrogens (tertiary/aromatic N) is 3. The summed E-state index contributed by atoms with van der Waals surface area (Å²) in [6.45, 7) is -1.14. The number of azide groups is 1. The van der Waals surface area contributed by atoms with Gasteiger partial charge in [0.25, 0.3) is 10.1 Å². The van der Waals surface area contributed by atoms with E-state index in [1.165, 1.54) is 0 Å². The molecular weight excluding hydrogens is 214 g/mol. The van der Waals surface area contributed by atoms with Crippen molar-refractivity contribution in [1.82, 2.24) is 0 Å². The van der Waals surface area contributed by atoms with Crippen LogP contribution in [0, 0.1) is 0 Å². The zero-order valence-electron chi connectivity index (χ0n) is 7.44. The smallest absolute Gasteiger partial charge is 0.264 e. The molecule has 0 saturated heterocycles. The monoisotopic (exact) mass is 225 g/mol. The van der Waals surface area contributed by atoms with Crippen molar-refractivity contribution in [1.29, 1.82) is 0 Å². The van der Waals surface area contributed by atoms with E-state index < -0.39 is 35.5 Å². The molecule has 8 nitrogen and oxygen atoms in total. The molecule has 0 aromatic carbocycles. The summed E-state index contributed by atoms with van der Waals surface area (Å²) in [5.41, 5.74) is 8.02. The van der Waals surface area contributed by atoms with Crippen LogP contribution >= 0.6 is 0 Å². The van der Waals surface area contributed by atoms with Crippen LogP contribution in [0.3, 0.4) is 0 Å². The van der Waals surface area contributed by atoms with E-state index in [2.05, 4.69) is 14.2 Å². The molecule has 9 heteroatoms. The summed E-state index contributed by atoms with van der Waals surface area (Å²) < 4.78 is 25.3. The zero-order valence-corrected chi connectivity index (χ0v) is 8.25. The SMILES string of the molecule is CS(=O)(=O)OC[C@@H](O)[C@H](CO)N=[N+]=[N-]. The molecule has 0 aliphatic carbocycles. The van der Waals surface area contributed by atoms with Gasteiger partial charge in [0.15, 0.2) is 0 Å². The molecule has 0 rings (SSSR count). The Labute approximate surface area is 80.9 Å². The van der Waals surface area contributed by atoms with Gasteiger partial charge in [-0.3, -0.25) is 4.18 Å². The maximum atomic E-state index is 10.5.